The van der Waals surface area contributed by atoms with Crippen molar-refractivity contribution >= 4 is 52.3 Å². The first-order valence-corrected chi connectivity index (χ1v) is 17.2. The van der Waals surface area contributed by atoms with Crippen molar-refractivity contribution in [1.82, 2.24) is 19.6 Å². The second-order valence-electron chi connectivity index (χ2n) is 12.6. The molecule has 3 fully saturated rings. The summed E-state index contributed by atoms with van der Waals surface area (Å²) in [5.41, 5.74) is 10.2. The number of rotatable bonds is 6. The Morgan fingerprint density at radius 1 is 1.00 bits per heavy atom. The Labute approximate surface area is 268 Å². The smallest absolute Gasteiger partial charge is 0.410 e. The molecule has 1 atom stereocenters. The largest absolute Gasteiger partial charge is 0.436 e. The van der Waals surface area contributed by atoms with E-state index in [0.717, 1.165) is 48.3 Å². The number of halogens is 1. The summed E-state index contributed by atoms with van der Waals surface area (Å²) in [5.74, 6) is -0.160. The van der Waals surface area contributed by atoms with Gasteiger partial charge < -0.3 is 35.4 Å². The molecule has 44 heavy (non-hydrogen) atoms. The lowest BCUT2D eigenvalue weighted by molar-refractivity contribution is -0.142. The molecule has 0 bridgehead atoms. The van der Waals surface area contributed by atoms with Crippen molar-refractivity contribution in [2.75, 3.05) is 50.3 Å². The van der Waals surface area contributed by atoms with Gasteiger partial charge in [-0.05, 0) is 81.1 Å². The van der Waals surface area contributed by atoms with Gasteiger partial charge in [0.2, 0.25) is 0 Å². The third-order valence-electron chi connectivity index (χ3n) is 9.77. The molecule has 0 unspecified atom stereocenters. The topological polar surface area (TPSA) is 111 Å². The molecule has 4 amide bonds. The Hall–Kier alpha value is -3.02. The standard InChI is InChI=1S/C32H43ClN6O4S/c1-21-15-22(16-26(33)29(21)34)17-28(30(40)37-11-5-24(6-12-37)36-9-3-2-4-10-36)43-32(42)38-13-7-25(8-14-38)39-18-23-19-44-20-27(23)35-31(39)41/h15-16,19-20,24-25,28H,2-14,17-18,34H2,1H3,(H,35,41)/t28-/m1/s1. The summed E-state index contributed by atoms with van der Waals surface area (Å²) in [4.78, 5) is 48.1. The van der Waals surface area contributed by atoms with Crippen molar-refractivity contribution in [3.05, 3.63) is 44.6 Å². The maximum atomic E-state index is 13.9. The average molecular weight is 643 g/mol. The van der Waals surface area contributed by atoms with Crippen molar-refractivity contribution in [3.8, 4) is 0 Å². The lowest BCUT2D eigenvalue weighted by Gasteiger charge is -2.41. The molecule has 2 aromatic rings. The number of nitrogen functional groups attached to an aromatic ring is 1. The second kappa shape index (κ2) is 13.5. The number of anilines is 2. The minimum absolute atomic E-state index is 0.0330. The highest BCUT2D eigenvalue weighted by Crippen LogP contribution is 2.31. The molecule has 0 saturated carbocycles. The highest BCUT2D eigenvalue weighted by atomic mass is 35.5. The monoisotopic (exact) mass is 642 g/mol. The lowest BCUT2D eigenvalue weighted by atomic mass is 9.98. The van der Waals surface area contributed by atoms with E-state index in [-0.39, 0.29) is 24.4 Å². The minimum Gasteiger partial charge on any atom is -0.436 e. The summed E-state index contributed by atoms with van der Waals surface area (Å²) in [6, 6.07) is 4.11. The van der Waals surface area contributed by atoms with Crippen molar-refractivity contribution in [2.24, 2.45) is 0 Å². The summed E-state index contributed by atoms with van der Waals surface area (Å²) in [7, 11) is 0. The molecule has 4 aliphatic heterocycles. The molecule has 1 aromatic carbocycles. The average Bonchev–Trinajstić information content (AvgIpc) is 3.50. The maximum Gasteiger partial charge on any atom is 0.410 e. The molecule has 5 heterocycles. The molecular weight excluding hydrogens is 600 g/mol. The molecule has 0 spiro atoms. The van der Waals surface area contributed by atoms with Crippen LogP contribution in [0.2, 0.25) is 5.02 Å². The molecule has 12 heteroatoms. The van der Waals surface area contributed by atoms with Crippen LogP contribution in [-0.4, -0.2) is 95.1 Å². The number of carbonyl (C=O) groups is 3. The van der Waals surface area contributed by atoms with Crippen LogP contribution in [0.25, 0.3) is 0 Å². The van der Waals surface area contributed by atoms with E-state index in [9.17, 15) is 14.4 Å². The van der Waals surface area contributed by atoms with Gasteiger partial charge in [-0.2, -0.15) is 0 Å². The van der Waals surface area contributed by atoms with E-state index in [1.54, 1.807) is 22.3 Å². The summed E-state index contributed by atoms with van der Waals surface area (Å²) >= 11 is 7.96. The molecule has 0 aliphatic carbocycles. The first-order chi connectivity index (χ1) is 21.3. The van der Waals surface area contributed by atoms with Gasteiger partial charge in [-0.25, -0.2) is 9.59 Å². The van der Waals surface area contributed by atoms with E-state index >= 15 is 0 Å². The molecule has 4 aliphatic rings. The predicted molar refractivity (Wildman–Crippen MR) is 173 cm³/mol. The normalized spacial score (nSPS) is 21.1. The van der Waals surface area contributed by atoms with E-state index in [0.29, 0.717) is 62.3 Å². The van der Waals surface area contributed by atoms with Gasteiger partial charge in [-0.15, -0.1) is 11.3 Å². The first-order valence-electron chi connectivity index (χ1n) is 15.9. The number of hydrogen-bond acceptors (Lipinski definition) is 7. The number of nitrogens with zero attached hydrogens (tertiary/aromatic N) is 4. The third kappa shape index (κ3) is 6.79. The van der Waals surface area contributed by atoms with Gasteiger partial charge in [0, 0.05) is 55.6 Å². The van der Waals surface area contributed by atoms with Crippen molar-refractivity contribution < 1.29 is 19.1 Å². The van der Waals surface area contributed by atoms with Crippen LogP contribution in [0.1, 0.15) is 61.6 Å². The van der Waals surface area contributed by atoms with E-state index in [1.165, 1.54) is 19.3 Å². The highest BCUT2D eigenvalue weighted by molar-refractivity contribution is 7.08. The number of amides is 4. The number of likely N-dealkylation sites (tertiary alicyclic amines) is 3. The predicted octanol–water partition coefficient (Wildman–Crippen LogP) is 5.33. The Balaban J connectivity index is 1.09. The number of hydrogen-bond donors (Lipinski definition) is 2. The Kier molecular flexibility index (Phi) is 9.53. The third-order valence-corrected chi connectivity index (χ3v) is 10.9. The van der Waals surface area contributed by atoms with Crippen LogP contribution in [0.4, 0.5) is 21.0 Å². The van der Waals surface area contributed by atoms with Crippen LogP contribution >= 0.6 is 22.9 Å². The number of aryl methyl sites for hydroxylation is 1. The van der Waals surface area contributed by atoms with E-state index < -0.39 is 12.2 Å². The van der Waals surface area contributed by atoms with Crippen LogP contribution in [0.5, 0.6) is 0 Å². The van der Waals surface area contributed by atoms with Gasteiger partial charge >= 0.3 is 12.1 Å². The van der Waals surface area contributed by atoms with Gasteiger partial charge in [0.1, 0.15) is 0 Å². The fraction of sp³-hybridized carbons (Fsp3) is 0.594. The van der Waals surface area contributed by atoms with Crippen molar-refractivity contribution in [1.29, 1.82) is 0 Å². The Morgan fingerprint density at radius 3 is 2.39 bits per heavy atom. The zero-order valence-corrected chi connectivity index (χ0v) is 27.0. The summed E-state index contributed by atoms with van der Waals surface area (Å²) < 4.78 is 6.02. The van der Waals surface area contributed by atoms with Gasteiger partial charge in [-0.3, -0.25) is 4.79 Å². The molecule has 3 saturated heterocycles. The maximum absolute atomic E-state index is 13.9. The Bertz CT molecular complexity index is 1340. The van der Waals surface area contributed by atoms with E-state index in [1.807, 2.05) is 28.2 Å². The van der Waals surface area contributed by atoms with Gasteiger partial charge in [-0.1, -0.05) is 24.1 Å². The number of nitrogens with one attached hydrogen (secondary N) is 1. The summed E-state index contributed by atoms with van der Waals surface area (Å²) in [6.07, 6.45) is 5.74. The molecule has 1 aromatic heterocycles. The Morgan fingerprint density at radius 2 is 1.68 bits per heavy atom. The van der Waals surface area contributed by atoms with Crippen LogP contribution in [-0.2, 0) is 22.5 Å². The van der Waals surface area contributed by atoms with Crippen LogP contribution in [0, 0.1) is 6.92 Å². The fourth-order valence-corrected chi connectivity index (χ4v) is 8.19. The molecule has 3 N–H and O–H groups in total. The van der Waals surface area contributed by atoms with E-state index in [2.05, 4.69) is 15.6 Å². The number of urea groups is 1. The van der Waals surface area contributed by atoms with Crippen LogP contribution in [0.15, 0.2) is 22.9 Å². The van der Waals surface area contributed by atoms with Crippen molar-refractivity contribution in [2.45, 2.75) is 83.0 Å². The van der Waals surface area contributed by atoms with Crippen molar-refractivity contribution in [3.63, 3.8) is 0 Å². The number of fused-ring (bicyclic) bond motifs is 1. The molecule has 10 nitrogen and oxygen atoms in total. The number of ether oxygens (including phenoxy) is 1. The molecule has 6 rings (SSSR count). The molecular formula is C32H43ClN6O4S. The number of nitrogens with two attached hydrogens (primary N) is 1. The summed E-state index contributed by atoms with van der Waals surface area (Å²) in [5, 5.41) is 7.43. The lowest BCUT2D eigenvalue weighted by Crippen LogP contribution is -2.53. The zero-order chi connectivity index (χ0) is 30.8. The number of piperidine rings is 3. The van der Waals surface area contributed by atoms with Gasteiger partial charge in [0.05, 0.1) is 22.9 Å². The fourth-order valence-electron chi connectivity index (χ4n) is 7.13. The van der Waals surface area contributed by atoms with Gasteiger partial charge in [0.25, 0.3) is 5.91 Å². The zero-order valence-electron chi connectivity index (χ0n) is 25.4. The highest BCUT2D eigenvalue weighted by Gasteiger charge is 2.37. The minimum atomic E-state index is -0.962. The second-order valence-corrected chi connectivity index (χ2v) is 13.8. The number of benzene rings is 1. The van der Waals surface area contributed by atoms with Crippen LogP contribution < -0.4 is 11.1 Å². The van der Waals surface area contributed by atoms with Crippen LogP contribution in [0.3, 0.4) is 0 Å². The molecule has 0 radical (unpaired) electrons. The number of carbonyl (C=O) groups excluding carboxylic acids is 3. The molecule has 238 valence electrons. The number of thiophene rings is 1. The summed E-state index contributed by atoms with van der Waals surface area (Å²) in [6.45, 7) is 6.97. The first kappa shape index (κ1) is 31.0. The van der Waals surface area contributed by atoms with E-state index in [4.69, 9.17) is 22.1 Å². The SMILES string of the molecule is Cc1cc(C[C@@H](OC(=O)N2CCC(N3Cc4cscc4NC3=O)CC2)C(=O)N2CCC(N3CCCCC3)CC2)cc(Cl)c1N. The van der Waals surface area contributed by atoms with Gasteiger partial charge in [0.15, 0.2) is 6.10 Å². The quantitative estimate of drug-likeness (QED) is 0.412.